The second-order valence-corrected chi connectivity index (χ2v) is 4.94. The molecule has 4 heteroatoms. The van der Waals surface area contributed by atoms with Crippen molar-refractivity contribution in [3.8, 4) is 0 Å². The molecule has 0 aliphatic carbocycles. The van der Waals surface area contributed by atoms with Gasteiger partial charge in [-0.25, -0.2) is 4.98 Å². The van der Waals surface area contributed by atoms with Gasteiger partial charge < -0.3 is 15.2 Å². The van der Waals surface area contributed by atoms with Crippen LogP contribution in [0.5, 0.6) is 0 Å². The Morgan fingerprint density at radius 3 is 2.67 bits per heavy atom. The van der Waals surface area contributed by atoms with Crippen molar-refractivity contribution in [1.29, 1.82) is 0 Å². The molecule has 1 aromatic rings. The molecule has 18 heavy (non-hydrogen) atoms. The Kier molecular flexibility index (Phi) is 6.98. The molecular weight excluding hydrogens is 224 g/mol. The molecule has 1 rings (SSSR count). The van der Waals surface area contributed by atoms with Crippen LogP contribution in [0.25, 0.3) is 0 Å². The quantitative estimate of drug-likeness (QED) is 0.709. The summed E-state index contributed by atoms with van der Waals surface area (Å²) in [5.41, 5.74) is 1.17. The standard InChI is InChI=1S/C14H28N4/c1-5-18(6-2)9-7-8-12(3)15-10-14-11-16-13(4)17-14/h11-12,15H,5-10H2,1-4H3,(H,16,17). The first-order valence-corrected chi connectivity index (χ1v) is 7.11. The van der Waals surface area contributed by atoms with Gasteiger partial charge in [-0.3, -0.25) is 0 Å². The van der Waals surface area contributed by atoms with Crippen LogP contribution in [0.2, 0.25) is 0 Å². The van der Waals surface area contributed by atoms with Crippen LogP contribution in [0.4, 0.5) is 0 Å². The number of nitrogens with one attached hydrogen (secondary N) is 2. The van der Waals surface area contributed by atoms with E-state index in [2.05, 4.69) is 41.0 Å². The summed E-state index contributed by atoms with van der Waals surface area (Å²) >= 11 is 0. The Morgan fingerprint density at radius 1 is 1.39 bits per heavy atom. The Labute approximate surface area is 111 Å². The van der Waals surface area contributed by atoms with Crippen molar-refractivity contribution in [2.45, 2.75) is 53.1 Å². The van der Waals surface area contributed by atoms with Gasteiger partial charge in [0.25, 0.3) is 0 Å². The Balaban J connectivity index is 2.12. The molecule has 0 spiro atoms. The molecule has 2 N–H and O–H groups in total. The predicted octanol–water partition coefficient (Wildman–Crippen LogP) is 2.32. The van der Waals surface area contributed by atoms with Crippen molar-refractivity contribution < 1.29 is 0 Å². The first-order valence-electron chi connectivity index (χ1n) is 7.11. The smallest absolute Gasteiger partial charge is 0.103 e. The molecule has 4 nitrogen and oxygen atoms in total. The molecule has 1 unspecified atom stereocenters. The van der Waals surface area contributed by atoms with Crippen LogP contribution in [-0.4, -0.2) is 40.5 Å². The number of aromatic nitrogens is 2. The van der Waals surface area contributed by atoms with Crippen LogP contribution >= 0.6 is 0 Å². The fourth-order valence-corrected chi connectivity index (χ4v) is 2.11. The number of aromatic amines is 1. The van der Waals surface area contributed by atoms with E-state index in [1.165, 1.54) is 25.1 Å². The first kappa shape index (κ1) is 15.2. The number of imidazole rings is 1. The summed E-state index contributed by atoms with van der Waals surface area (Å²) < 4.78 is 0. The maximum atomic E-state index is 4.20. The third-order valence-electron chi connectivity index (χ3n) is 3.40. The van der Waals surface area contributed by atoms with E-state index in [9.17, 15) is 0 Å². The highest BCUT2D eigenvalue weighted by molar-refractivity contribution is 4.99. The molecule has 0 saturated carbocycles. The molecule has 0 fully saturated rings. The zero-order valence-electron chi connectivity index (χ0n) is 12.3. The van der Waals surface area contributed by atoms with Crippen molar-refractivity contribution in [2.75, 3.05) is 19.6 Å². The Hall–Kier alpha value is -0.870. The normalized spacial score (nSPS) is 13.2. The van der Waals surface area contributed by atoms with Crippen molar-refractivity contribution in [3.63, 3.8) is 0 Å². The van der Waals surface area contributed by atoms with Crippen molar-refractivity contribution in [3.05, 3.63) is 17.7 Å². The lowest BCUT2D eigenvalue weighted by Gasteiger charge is -2.19. The van der Waals surface area contributed by atoms with Crippen molar-refractivity contribution in [2.24, 2.45) is 0 Å². The van der Waals surface area contributed by atoms with E-state index >= 15 is 0 Å². The van der Waals surface area contributed by atoms with Gasteiger partial charge in [-0.2, -0.15) is 0 Å². The fourth-order valence-electron chi connectivity index (χ4n) is 2.11. The lowest BCUT2D eigenvalue weighted by atomic mass is 10.1. The van der Waals surface area contributed by atoms with Gasteiger partial charge in [0.05, 0.1) is 0 Å². The SMILES string of the molecule is CCN(CC)CCCC(C)NCc1cnc(C)[nH]1. The van der Waals surface area contributed by atoms with Gasteiger partial charge in [-0.05, 0) is 46.3 Å². The van der Waals surface area contributed by atoms with Crippen LogP contribution in [-0.2, 0) is 6.54 Å². The number of H-pyrrole nitrogens is 1. The third-order valence-corrected chi connectivity index (χ3v) is 3.40. The molecule has 0 aliphatic heterocycles. The first-order chi connectivity index (χ1) is 8.65. The Bertz CT molecular complexity index is 317. The monoisotopic (exact) mass is 252 g/mol. The molecule has 0 saturated heterocycles. The second-order valence-electron chi connectivity index (χ2n) is 4.94. The van der Waals surface area contributed by atoms with Gasteiger partial charge in [-0.15, -0.1) is 0 Å². The zero-order chi connectivity index (χ0) is 13.4. The minimum absolute atomic E-state index is 0.559. The van der Waals surface area contributed by atoms with E-state index in [-0.39, 0.29) is 0 Å². The minimum Gasteiger partial charge on any atom is -0.345 e. The van der Waals surface area contributed by atoms with Crippen LogP contribution < -0.4 is 5.32 Å². The van der Waals surface area contributed by atoms with E-state index in [1.807, 2.05) is 13.1 Å². The number of rotatable bonds is 9. The number of aryl methyl sites for hydroxylation is 1. The predicted molar refractivity (Wildman–Crippen MR) is 76.6 cm³/mol. The third kappa shape index (κ3) is 5.65. The Morgan fingerprint density at radius 2 is 2.11 bits per heavy atom. The van der Waals surface area contributed by atoms with Gasteiger partial charge in [0.1, 0.15) is 5.82 Å². The largest absolute Gasteiger partial charge is 0.345 e. The highest BCUT2D eigenvalue weighted by atomic mass is 15.1. The van der Waals surface area contributed by atoms with E-state index in [1.54, 1.807) is 0 Å². The van der Waals surface area contributed by atoms with Gasteiger partial charge >= 0.3 is 0 Å². The van der Waals surface area contributed by atoms with E-state index in [0.717, 1.165) is 25.5 Å². The summed E-state index contributed by atoms with van der Waals surface area (Å²) in [5.74, 6) is 0.987. The van der Waals surface area contributed by atoms with Gasteiger partial charge in [0.15, 0.2) is 0 Å². The van der Waals surface area contributed by atoms with Crippen LogP contribution in [0, 0.1) is 6.92 Å². The molecule has 0 bridgehead atoms. The molecule has 104 valence electrons. The van der Waals surface area contributed by atoms with Gasteiger partial charge in [0.2, 0.25) is 0 Å². The maximum Gasteiger partial charge on any atom is 0.103 e. The molecule has 0 aromatic carbocycles. The molecule has 1 aromatic heterocycles. The van der Waals surface area contributed by atoms with Gasteiger partial charge in [-0.1, -0.05) is 13.8 Å². The molecule has 1 atom stereocenters. The molecule has 1 heterocycles. The van der Waals surface area contributed by atoms with E-state index < -0.39 is 0 Å². The van der Waals surface area contributed by atoms with Crippen LogP contribution in [0.1, 0.15) is 45.1 Å². The molecule has 0 amide bonds. The highest BCUT2D eigenvalue weighted by Crippen LogP contribution is 2.01. The summed E-state index contributed by atoms with van der Waals surface area (Å²) in [5, 5.41) is 3.53. The molecule has 0 radical (unpaired) electrons. The second kappa shape index (κ2) is 8.27. The number of nitrogens with zero attached hydrogens (tertiary/aromatic N) is 2. The van der Waals surface area contributed by atoms with Crippen molar-refractivity contribution >= 4 is 0 Å². The molecular formula is C14H28N4. The average molecular weight is 252 g/mol. The fraction of sp³-hybridized carbons (Fsp3) is 0.786. The lowest BCUT2D eigenvalue weighted by Crippen LogP contribution is -2.28. The summed E-state index contributed by atoms with van der Waals surface area (Å²) in [6, 6.07) is 0.559. The van der Waals surface area contributed by atoms with Crippen LogP contribution in [0.15, 0.2) is 6.20 Å². The lowest BCUT2D eigenvalue weighted by molar-refractivity contribution is 0.290. The number of hydrogen-bond acceptors (Lipinski definition) is 3. The maximum absolute atomic E-state index is 4.20. The summed E-state index contributed by atoms with van der Waals surface area (Å²) in [6.45, 7) is 13.1. The molecule has 0 aliphatic rings. The topological polar surface area (TPSA) is 44.0 Å². The average Bonchev–Trinajstić information content (AvgIpc) is 2.78. The summed E-state index contributed by atoms with van der Waals surface area (Å²) in [6.07, 6.45) is 4.40. The minimum atomic E-state index is 0.559. The highest BCUT2D eigenvalue weighted by Gasteiger charge is 2.04. The van der Waals surface area contributed by atoms with Crippen molar-refractivity contribution in [1.82, 2.24) is 20.2 Å². The van der Waals surface area contributed by atoms with Crippen LogP contribution in [0.3, 0.4) is 0 Å². The number of hydrogen-bond donors (Lipinski definition) is 2. The summed E-state index contributed by atoms with van der Waals surface area (Å²) in [4.78, 5) is 9.92. The summed E-state index contributed by atoms with van der Waals surface area (Å²) in [7, 11) is 0. The van der Waals surface area contributed by atoms with Gasteiger partial charge in [0, 0.05) is 24.5 Å². The zero-order valence-corrected chi connectivity index (χ0v) is 12.3. The van der Waals surface area contributed by atoms with E-state index in [0.29, 0.717) is 6.04 Å². The van der Waals surface area contributed by atoms with E-state index in [4.69, 9.17) is 0 Å².